The van der Waals surface area contributed by atoms with Crippen molar-refractivity contribution in [2.45, 2.75) is 44.7 Å². The van der Waals surface area contributed by atoms with Gasteiger partial charge < -0.3 is 19.3 Å². The Labute approximate surface area is 239 Å². The molecule has 1 aliphatic carbocycles. The molecule has 4 N–H and O–H groups in total. The molecule has 2 amide bonds. The second-order valence-corrected chi connectivity index (χ2v) is 10.4. The van der Waals surface area contributed by atoms with E-state index in [4.69, 9.17) is 51.6 Å². The van der Waals surface area contributed by atoms with E-state index in [9.17, 15) is 9.59 Å². The Kier molecular flexibility index (Phi) is 9.00. The molecule has 4 atom stereocenters. The van der Waals surface area contributed by atoms with Crippen LogP contribution in [0.25, 0.3) is 0 Å². The first-order chi connectivity index (χ1) is 19.6. The van der Waals surface area contributed by atoms with Crippen molar-refractivity contribution in [1.29, 1.82) is 0 Å². The standard InChI is InChI=1S/C25H30ClN5O10/c1-14-22(19-13-38-23(18(19)12-27-14)15-2-4-17(26)5-3-15)39-25(33)29-8-6-28(7-9-29)24(32)16-10-20(40-30(34)35)21(11-16)41-31(36)37/h2-5,12,16,20-21,23,34-37H,6-11,13H2,1H3/t16?,20-,21+,23?. The van der Waals surface area contributed by atoms with Crippen LogP contribution < -0.4 is 4.74 Å². The Bertz CT molecular complexity index is 1240. The van der Waals surface area contributed by atoms with E-state index in [-0.39, 0.29) is 57.6 Å². The fourth-order valence-corrected chi connectivity index (χ4v) is 5.60. The molecule has 2 aliphatic heterocycles. The van der Waals surface area contributed by atoms with Crippen LogP contribution in [0.2, 0.25) is 5.02 Å². The smallest absolute Gasteiger partial charge is 0.408 e. The summed E-state index contributed by atoms with van der Waals surface area (Å²) >= 11 is 6.02. The molecule has 2 aromatic rings. The third kappa shape index (κ3) is 6.60. The fraction of sp³-hybridized carbons (Fsp3) is 0.480. The quantitative estimate of drug-likeness (QED) is 0.343. The molecule has 222 valence electrons. The lowest BCUT2D eigenvalue weighted by Gasteiger charge is -2.35. The number of halogens is 1. The van der Waals surface area contributed by atoms with E-state index in [1.807, 2.05) is 12.1 Å². The van der Waals surface area contributed by atoms with Crippen LogP contribution in [-0.4, -0.2) is 96.8 Å². The largest absolute Gasteiger partial charge is 0.415 e. The van der Waals surface area contributed by atoms with E-state index in [0.29, 0.717) is 16.5 Å². The molecule has 15 nitrogen and oxygen atoms in total. The molecule has 0 bridgehead atoms. The van der Waals surface area contributed by atoms with E-state index < -0.39 is 35.0 Å². The van der Waals surface area contributed by atoms with Crippen molar-refractivity contribution < 1.29 is 49.6 Å². The maximum absolute atomic E-state index is 13.1. The van der Waals surface area contributed by atoms with Crippen molar-refractivity contribution in [3.63, 3.8) is 0 Å². The van der Waals surface area contributed by atoms with Gasteiger partial charge in [0.1, 0.15) is 18.3 Å². The number of nitrogens with zero attached hydrogens (tertiary/aromatic N) is 5. The Hall–Kier alpha value is -2.96. The Morgan fingerprint density at radius 3 is 2.15 bits per heavy atom. The first-order valence-electron chi connectivity index (χ1n) is 12.9. The molecular weight excluding hydrogens is 566 g/mol. The molecule has 5 rings (SSSR count). The zero-order valence-corrected chi connectivity index (χ0v) is 22.8. The second kappa shape index (κ2) is 12.5. The molecule has 3 aliphatic rings. The van der Waals surface area contributed by atoms with Crippen molar-refractivity contribution >= 4 is 23.6 Å². The number of carbonyl (C=O) groups is 2. The third-order valence-electron chi connectivity index (χ3n) is 7.49. The molecule has 0 spiro atoms. The lowest BCUT2D eigenvalue weighted by Crippen LogP contribution is -2.52. The molecule has 3 heterocycles. The minimum Gasteiger partial charge on any atom is -0.408 e. The highest BCUT2D eigenvalue weighted by Crippen LogP contribution is 2.41. The number of aryl methyl sites for hydroxylation is 1. The Morgan fingerprint density at radius 1 is 0.976 bits per heavy atom. The van der Waals surface area contributed by atoms with Crippen molar-refractivity contribution in [2.24, 2.45) is 5.92 Å². The molecule has 1 aromatic carbocycles. The van der Waals surface area contributed by atoms with Gasteiger partial charge in [-0.2, -0.15) is 0 Å². The van der Waals surface area contributed by atoms with Crippen LogP contribution >= 0.6 is 11.6 Å². The van der Waals surface area contributed by atoms with Gasteiger partial charge in [0.05, 0.1) is 23.1 Å². The van der Waals surface area contributed by atoms with E-state index in [0.717, 1.165) is 16.7 Å². The summed E-state index contributed by atoms with van der Waals surface area (Å²) < 4.78 is 11.8. The average molecular weight is 596 g/mol. The zero-order valence-electron chi connectivity index (χ0n) is 22.0. The molecule has 2 unspecified atom stereocenters. The Balaban J connectivity index is 1.19. The number of fused-ring (bicyclic) bond motifs is 1. The zero-order chi connectivity index (χ0) is 29.3. The monoisotopic (exact) mass is 595 g/mol. The van der Waals surface area contributed by atoms with Crippen LogP contribution in [0.4, 0.5) is 4.79 Å². The van der Waals surface area contributed by atoms with Gasteiger partial charge in [0.2, 0.25) is 5.91 Å². The maximum atomic E-state index is 13.1. The highest BCUT2D eigenvalue weighted by molar-refractivity contribution is 6.30. The molecule has 2 fully saturated rings. The number of ether oxygens (including phenoxy) is 2. The summed E-state index contributed by atoms with van der Waals surface area (Å²) in [5, 5.41) is 35.5. The van der Waals surface area contributed by atoms with Crippen LogP contribution in [0, 0.1) is 12.8 Å². The lowest BCUT2D eigenvalue weighted by atomic mass is 10.0. The number of hydrogen-bond acceptors (Lipinski definition) is 13. The minimum absolute atomic E-state index is 0.0433. The van der Waals surface area contributed by atoms with Gasteiger partial charge in [-0.25, -0.2) is 14.5 Å². The van der Waals surface area contributed by atoms with Gasteiger partial charge in [-0.05, 0) is 37.5 Å². The number of carbonyl (C=O) groups excluding carboxylic acids is 2. The predicted molar refractivity (Wildman–Crippen MR) is 135 cm³/mol. The molecule has 16 heteroatoms. The summed E-state index contributed by atoms with van der Waals surface area (Å²) in [4.78, 5) is 43.3. The summed E-state index contributed by atoms with van der Waals surface area (Å²) in [5.74, 6) is -0.541. The van der Waals surface area contributed by atoms with Crippen molar-refractivity contribution in [3.05, 3.63) is 57.9 Å². The van der Waals surface area contributed by atoms with Gasteiger partial charge in [0.15, 0.2) is 5.75 Å². The summed E-state index contributed by atoms with van der Waals surface area (Å²) in [6.07, 6.45) is -1.16. The first-order valence-corrected chi connectivity index (χ1v) is 13.3. The number of aromatic nitrogens is 1. The number of rotatable bonds is 7. The lowest BCUT2D eigenvalue weighted by molar-refractivity contribution is -0.535. The molecule has 1 saturated carbocycles. The van der Waals surface area contributed by atoms with Gasteiger partial charge in [-0.15, -0.1) is 0 Å². The van der Waals surface area contributed by atoms with Gasteiger partial charge in [-0.3, -0.25) is 30.6 Å². The van der Waals surface area contributed by atoms with Crippen LogP contribution in [-0.2, 0) is 25.8 Å². The van der Waals surface area contributed by atoms with E-state index in [1.54, 1.807) is 30.2 Å². The highest BCUT2D eigenvalue weighted by Gasteiger charge is 2.44. The van der Waals surface area contributed by atoms with Gasteiger partial charge in [0, 0.05) is 54.4 Å². The van der Waals surface area contributed by atoms with Crippen LogP contribution in [0.5, 0.6) is 5.75 Å². The van der Waals surface area contributed by atoms with Gasteiger partial charge >= 0.3 is 6.09 Å². The maximum Gasteiger partial charge on any atom is 0.415 e. The third-order valence-corrected chi connectivity index (χ3v) is 7.75. The summed E-state index contributed by atoms with van der Waals surface area (Å²) in [7, 11) is 0. The molecule has 1 aromatic heterocycles. The highest BCUT2D eigenvalue weighted by atomic mass is 35.5. The van der Waals surface area contributed by atoms with E-state index in [2.05, 4.69) is 4.98 Å². The summed E-state index contributed by atoms with van der Waals surface area (Å²) in [6.45, 7) is 2.94. The van der Waals surface area contributed by atoms with Crippen molar-refractivity contribution in [3.8, 4) is 5.75 Å². The second-order valence-electron chi connectivity index (χ2n) is 9.99. The molecular formula is C25H30ClN5O10. The van der Waals surface area contributed by atoms with Crippen molar-refractivity contribution in [1.82, 2.24) is 25.6 Å². The SMILES string of the molecule is Cc1ncc2c(c1OC(=O)N1CCN(C(=O)C3C[C@H](ON(O)O)[C@H](ON(O)O)C3)CC1)COC2c1ccc(Cl)cc1. The normalized spacial score (nSPS) is 24.3. The van der Waals surface area contributed by atoms with Crippen LogP contribution in [0.1, 0.15) is 41.3 Å². The van der Waals surface area contributed by atoms with E-state index in [1.165, 1.54) is 4.90 Å². The van der Waals surface area contributed by atoms with Crippen molar-refractivity contribution in [2.75, 3.05) is 26.2 Å². The molecule has 1 saturated heterocycles. The number of benzene rings is 1. The van der Waals surface area contributed by atoms with Gasteiger partial charge in [0.25, 0.3) is 0 Å². The topological polar surface area (TPSA) is 178 Å². The van der Waals surface area contributed by atoms with E-state index >= 15 is 0 Å². The van der Waals surface area contributed by atoms with Gasteiger partial charge in [-0.1, -0.05) is 23.7 Å². The Morgan fingerprint density at radius 2 is 1.56 bits per heavy atom. The van der Waals surface area contributed by atoms with Crippen LogP contribution in [0.15, 0.2) is 30.5 Å². The molecule has 41 heavy (non-hydrogen) atoms. The molecule has 0 radical (unpaired) electrons. The number of hydrogen-bond donors (Lipinski definition) is 4. The predicted octanol–water partition coefficient (Wildman–Crippen LogP) is 2.48. The van der Waals surface area contributed by atoms with Crippen LogP contribution in [0.3, 0.4) is 0 Å². The summed E-state index contributed by atoms with van der Waals surface area (Å²) in [5.41, 5.74) is 3.02. The number of pyridine rings is 1. The average Bonchev–Trinajstić information content (AvgIpc) is 3.54. The first kappa shape index (κ1) is 29.5. The minimum atomic E-state index is -1.02. The summed E-state index contributed by atoms with van der Waals surface area (Å²) in [6, 6.07) is 7.32. The number of piperazine rings is 1. The fourth-order valence-electron chi connectivity index (χ4n) is 5.48. The number of amides is 2.